The lowest BCUT2D eigenvalue weighted by Gasteiger charge is -2.15. The van der Waals surface area contributed by atoms with Gasteiger partial charge in [-0.1, -0.05) is 37.2 Å². The highest BCUT2D eigenvalue weighted by Crippen LogP contribution is 2.28. The Labute approximate surface area is 156 Å². The lowest BCUT2D eigenvalue weighted by molar-refractivity contribution is -0.123. The van der Waals surface area contributed by atoms with Gasteiger partial charge in [-0.2, -0.15) is 16.3 Å². The molecule has 0 aliphatic rings. The van der Waals surface area contributed by atoms with E-state index in [2.05, 4.69) is 29.3 Å². The molecule has 6 nitrogen and oxygen atoms in total. The Balaban J connectivity index is 1.51. The summed E-state index contributed by atoms with van der Waals surface area (Å²) in [6.07, 6.45) is 1.01. The van der Waals surface area contributed by atoms with Crippen LogP contribution in [0, 0.1) is 0 Å². The lowest BCUT2D eigenvalue weighted by Crippen LogP contribution is -2.28. The molecule has 1 N–H and O–H groups in total. The van der Waals surface area contributed by atoms with Gasteiger partial charge >= 0.3 is 0 Å². The number of benzene rings is 1. The van der Waals surface area contributed by atoms with Crippen molar-refractivity contribution in [2.45, 2.75) is 32.7 Å². The first kappa shape index (κ1) is 18.1. The molecule has 2 aromatic heterocycles. The van der Waals surface area contributed by atoms with Gasteiger partial charge < -0.3 is 14.6 Å². The predicted molar refractivity (Wildman–Crippen MR) is 100 cm³/mol. The number of aromatic nitrogens is 2. The van der Waals surface area contributed by atoms with Crippen LogP contribution in [0.2, 0.25) is 0 Å². The smallest absolute Gasteiger partial charge is 0.258 e. The number of ether oxygens (including phenoxy) is 1. The highest BCUT2D eigenvalue weighted by Gasteiger charge is 2.13. The Morgan fingerprint density at radius 1 is 1.35 bits per heavy atom. The second-order valence-electron chi connectivity index (χ2n) is 5.94. The van der Waals surface area contributed by atoms with Crippen LogP contribution in [0.4, 0.5) is 0 Å². The third-order valence-corrected chi connectivity index (χ3v) is 4.79. The van der Waals surface area contributed by atoms with Crippen molar-refractivity contribution >= 4 is 17.2 Å². The molecular weight excluding hydrogens is 350 g/mol. The molecule has 0 bridgehead atoms. The number of carbonyl (C=O) groups excluding carboxylic acids is 1. The second kappa shape index (κ2) is 8.62. The molecule has 26 heavy (non-hydrogen) atoms. The molecule has 0 saturated heterocycles. The number of carbonyl (C=O) groups is 1. The van der Waals surface area contributed by atoms with E-state index in [1.54, 1.807) is 11.3 Å². The molecule has 0 aliphatic carbocycles. The Morgan fingerprint density at radius 2 is 2.19 bits per heavy atom. The van der Waals surface area contributed by atoms with Crippen molar-refractivity contribution in [3.05, 3.63) is 52.5 Å². The maximum absolute atomic E-state index is 12.1. The Bertz CT molecular complexity index is 845. The standard InChI is InChI=1S/C19H21N3O3S/c1-3-13(2)15-6-4-5-7-16(15)24-11-17(23)20-10-18-21-19(22-25-18)14-8-9-26-12-14/h4-9,12-13H,3,10-11H2,1-2H3,(H,20,23)/t13-/m0/s1. The first-order valence-corrected chi connectivity index (χ1v) is 9.45. The molecule has 0 fully saturated rings. The van der Waals surface area contributed by atoms with E-state index in [4.69, 9.17) is 9.26 Å². The molecule has 7 heteroatoms. The zero-order valence-corrected chi connectivity index (χ0v) is 15.6. The van der Waals surface area contributed by atoms with Crippen LogP contribution in [-0.2, 0) is 11.3 Å². The molecule has 3 aromatic rings. The van der Waals surface area contributed by atoms with Crippen LogP contribution in [0.15, 0.2) is 45.6 Å². The van der Waals surface area contributed by atoms with Gasteiger partial charge in [0, 0.05) is 10.9 Å². The van der Waals surface area contributed by atoms with Crippen LogP contribution < -0.4 is 10.1 Å². The van der Waals surface area contributed by atoms with Crippen molar-refractivity contribution in [2.24, 2.45) is 0 Å². The number of thiophene rings is 1. The van der Waals surface area contributed by atoms with Crippen LogP contribution in [0.5, 0.6) is 5.75 Å². The summed E-state index contributed by atoms with van der Waals surface area (Å²) < 4.78 is 10.9. The minimum Gasteiger partial charge on any atom is -0.483 e. The zero-order valence-electron chi connectivity index (χ0n) is 14.8. The molecule has 136 valence electrons. The van der Waals surface area contributed by atoms with Gasteiger partial charge in [-0.15, -0.1) is 0 Å². The van der Waals surface area contributed by atoms with E-state index in [0.717, 1.165) is 23.3 Å². The van der Waals surface area contributed by atoms with E-state index < -0.39 is 0 Å². The molecule has 1 amide bonds. The van der Waals surface area contributed by atoms with Crippen LogP contribution >= 0.6 is 11.3 Å². The molecule has 0 saturated carbocycles. The minimum absolute atomic E-state index is 0.0566. The fourth-order valence-electron chi connectivity index (χ4n) is 2.44. The van der Waals surface area contributed by atoms with Gasteiger partial charge in [0.2, 0.25) is 11.7 Å². The first-order valence-electron chi connectivity index (χ1n) is 8.51. The number of hydrogen-bond acceptors (Lipinski definition) is 6. The third-order valence-electron chi connectivity index (χ3n) is 4.11. The van der Waals surface area contributed by atoms with Crippen LogP contribution in [-0.4, -0.2) is 22.7 Å². The van der Waals surface area contributed by atoms with Gasteiger partial charge in [0.15, 0.2) is 6.61 Å². The molecule has 1 aromatic carbocycles. The van der Waals surface area contributed by atoms with Crippen LogP contribution in [0.3, 0.4) is 0 Å². The predicted octanol–water partition coefficient (Wildman–Crippen LogP) is 4.01. The molecule has 3 rings (SSSR count). The highest BCUT2D eigenvalue weighted by molar-refractivity contribution is 7.08. The summed E-state index contributed by atoms with van der Waals surface area (Å²) in [5.41, 5.74) is 2.02. The molecular formula is C19H21N3O3S. The second-order valence-corrected chi connectivity index (χ2v) is 6.72. The Morgan fingerprint density at radius 3 is 2.96 bits per heavy atom. The quantitative estimate of drug-likeness (QED) is 0.647. The Hall–Kier alpha value is -2.67. The maximum Gasteiger partial charge on any atom is 0.258 e. The monoisotopic (exact) mass is 371 g/mol. The average molecular weight is 371 g/mol. The van der Waals surface area contributed by atoms with E-state index in [1.165, 1.54) is 0 Å². The van der Waals surface area contributed by atoms with Crippen molar-refractivity contribution < 1.29 is 14.1 Å². The molecule has 0 aliphatic heterocycles. The summed E-state index contributed by atoms with van der Waals surface area (Å²) in [5, 5.41) is 10.5. The third kappa shape index (κ3) is 4.49. The number of nitrogens with zero attached hydrogens (tertiary/aromatic N) is 2. The number of rotatable bonds is 8. The van der Waals surface area contributed by atoms with Crippen LogP contribution in [0.25, 0.3) is 11.4 Å². The summed E-state index contributed by atoms with van der Waals surface area (Å²) in [5.74, 6) is 1.77. The van der Waals surface area contributed by atoms with E-state index in [-0.39, 0.29) is 19.1 Å². The SMILES string of the molecule is CC[C@H](C)c1ccccc1OCC(=O)NCc1nc(-c2ccsc2)no1. The van der Waals surface area contributed by atoms with Crippen molar-refractivity contribution in [2.75, 3.05) is 6.61 Å². The number of hydrogen-bond donors (Lipinski definition) is 1. The molecule has 1 atom stereocenters. The van der Waals surface area contributed by atoms with E-state index in [9.17, 15) is 4.79 Å². The van der Waals surface area contributed by atoms with Gasteiger partial charge in [0.25, 0.3) is 5.91 Å². The summed E-state index contributed by atoms with van der Waals surface area (Å²) in [6, 6.07) is 9.73. The van der Waals surface area contributed by atoms with Gasteiger partial charge in [-0.3, -0.25) is 4.79 Å². The first-order chi connectivity index (χ1) is 12.7. The van der Waals surface area contributed by atoms with Crippen molar-refractivity contribution in [3.8, 4) is 17.1 Å². The van der Waals surface area contributed by atoms with Crippen molar-refractivity contribution in [1.82, 2.24) is 15.5 Å². The van der Waals surface area contributed by atoms with Gasteiger partial charge in [-0.05, 0) is 35.4 Å². The summed E-state index contributed by atoms with van der Waals surface area (Å²) in [6.45, 7) is 4.39. The largest absolute Gasteiger partial charge is 0.483 e. The molecule has 0 radical (unpaired) electrons. The number of amides is 1. The summed E-state index contributed by atoms with van der Waals surface area (Å²) in [7, 11) is 0. The van der Waals surface area contributed by atoms with Crippen LogP contribution in [0.1, 0.15) is 37.6 Å². The maximum atomic E-state index is 12.1. The fourth-order valence-corrected chi connectivity index (χ4v) is 3.08. The van der Waals surface area contributed by atoms with Gasteiger partial charge in [0.05, 0.1) is 6.54 Å². The normalized spacial score (nSPS) is 11.9. The molecule has 0 unspecified atom stereocenters. The number of para-hydroxylation sites is 1. The van der Waals surface area contributed by atoms with E-state index >= 15 is 0 Å². The van der Waals surface area contributed by atoms with Crippen molar-refractivity contribution in [3.63, 3.8) is 0 Å². The van der Waals surface area contributed by atoms with Gasteiger partial charge in [0.1, 0.15) is 5.75 Å². The van der Waals surface area contributed by atoms with Gasteiger partial charge in [-0.25, -0.2) is 0 Å². The fraction of sp³-hybridized carbons (Fsp3) is 0.316. The average Bonchev–Trinajstić information content (AvgIpc) is 3.35. The lowest BCUT2D eigenvalue weighted by atomic mass is 9.98. The van der Waals surface area contributed by atoms with E-state index in [1.807, 2.05) is 41.1 Å². The molecule has 2 heterocycles. The van der Waals surface area contributed by atoms with E-state index in [0.29, 0.717) is 17.6 Å². The summed E-state index contributed by atoms with van der Waals surface area (Å²) >= 11 is 1.56. The molecule has 0 spiro atoms. The van der Waals surface area contributed by atoms with Crippen molar-refractivity contribution in [1.29, 1.82) is 0 Å². The summed E-state index contributed by atoms with van der Waals surface area (Å²) in [4.78, 5) is 16.3. The topological polar surface area (TPSA) is 77.2 Å². The number of nitrogens with one attached hydrogen (secondary N) is 1. The minimum atomic E-state index is -0.237. The highest BCUT2D eigenvalue weighted by atomic mass is 32.1. The Kier molecular flexibility index (Phi) is 6.01. The zero-order chi connectivity index (χ0) is 18.4.